The number of morpholine rings is 1. The third-order valence-corrected chi connectivity index (χ3v) is 7.10. The van der Waals surface area contributed by atoms with Gasteiger partial charge in [-0.1, -0.05) is 45.0 Å². The van der Waals surface area contributed by atoms with Crippen molar-refractivity contribution in [2.24, 2.45) is 0 Å². The van der Waals surface area contributed by atoms with Gasteiger partial charge in [0.05, 0.1) is 24.9 Å². The van der Waals surface area contributed by atoms with Crippen LogP contribution in [0, 0.1) is 0 Å². The Hall–Kier alpha value is -5.16. The van der Waals surface area contributed by atoms with Crippen molar-refractivity contribution in [2.75, 3.05) is 36.5 Å². The molecule has 1 aliphatic rings. The number of benzene rings is 3. The monoisotopic (exact) mass is 580 g/mol. The molecule has 0 saturated carbocycles. The lowest BCUT2D eigenvalue weighted by molar-refractivity contribution is 0.122. The summed E-state index contributed by atoms with van der Waals surface area (Å²) in [4.78, 5) is 23.5. The molecule has 43 heavy (non-hydrogen) atoms. The van der Waals surface area contributed by atoms with Gasteiger partial charge in [0.25, 0.3) is 0 Å². The van der Waals surface area contributed by atoms with Crippen molar-refractivity contribution < 1.29 is 24.1 Å². The number of ether oxygens (including phenoxy) is 3. The van der Waals surface area contributed by atoms with Gasteiger partial charge in [-0.15, -0.1) is 0 Å². The number of H-pyrrole nitrogens is 1. The third kappa shape index (κ3) is 6.36. The van der Waals surface area contributed by atoms with Crippen molar-refractivity contribution >= 4 is 34.5 Å². The molecule has 0 amide bonds. The van der Waals surface area contributed by atoms with Crippen molar-refractivity contribution in [1.82, 2.24) is 20.2 Å². The predicted octanol–water partition coefficient (Wildman–Crippen LogP) is 6.75. The zero-order valence-electron chi connectivity index (χ0n) is 24.1. The zero-order chi connectivity index (χ0) is 30.0. The largest absolute Gasteiger partial charge is 0.511 e. The normalized spacial score (nSPS) is 13.6. The van der Waals surface area contributed by atoms with Gasteiger partial charge in [0.2, 0.25) is 11.7 Å². The van der Waals surface area contributed by atoms with E-state index < -0.39 is 6.16 Å². The second kappa shape index (κ2) is 11.6. The van der Waals surface area contributed by atoms with Gasteiger partial charge in [-0.25, -0.2) is 9.78 Å². The summed E-state index contributed by atoms with van der Waals surface area (Å²) >= 11 is 0. The summed E-state index contributed by atoms with van der Waals surface area (Å²) in [6.07, 6.45) is 0.227. The van der Waals surface area contributed by atoms with Gasteiger partial charge in [-0.05, 0) is 53.4 Å². The summed E-state index contributed by atoms with van der Waals surface area (Å²) in [5.41, 5.74) is 3.68. The minimum Gasteiger partial charge on any atom is -0.457 e. The van der Waals surface area contributed by atoms with E-state index in [1.807, 2.05) is 53.4 Å². The smallest absolute Gasteiger partial charge is 0.457 e. The van der Waals surface area contributed by atoms with Crippen LogP contribution in [0.4, 0.5) is 22.2 Å². The Kier molecular flexibility index (Phi) is 7.56. The average molecular weight is 581 g/mol. The first-order chi connectivity index (χ1) is 20.7. The molecule has 11 heteroatoms. The number of anilines is 3. The minimum absolute atomic E-state index is 0.0246. The van der Waals surface area contributed by atoms with Crippen molar-refractivity contribution in [3.8, 4) is 28.5 Å². The molecule has 3 aromatic carbocycles. The van der Waals surface area contributed by atoms with Crippen molar-refractivity contribution in [1.29, 1.82) is 0 Å². The average Bonchev–Trinajstić information content (AvgIpc) is 3.46. The van der Waals surface area contributed by atoms with Crippen molar-refractivity contribution in [3.05, 3.63) is 78.5 Å². The summed E-state index contributed by atoms with van der Waals surface area (Å²) in [6, 6.07) is 20.9. The van der Waals surface area contributed by atoms with E-state index >= 15 is 0 Å². The Morgan fingerprint density at radius 3 is 2.53 bits per heavy atom. The Morgan fingerprint density at radius 2 is 1.79 bits per heavy atom. The maximum Gasteiger partial charge on any atom is 0.511 e. The van der Waals surface area contributed by atoms with Crippen LogP contribution < -0.4 is 19.7 Å². The van der Waals surface area contributed by atoms with E-state index in [2.05, 4.69) is 48.4 Å². The number of carboxylic acid groups (broad SMARTS) is 1. The number of aromatic nitrogens is 4. The highest BCUT2D eigenvalue weighted by Gasteiger charge is 2.24. The number of carbonyl (C=O) groups is 1. The number of nitrogens with zero attached hydrogens (tertiary/aromatic N) is 4. The maximum absolute atomic E-state index is 11.9. The van der Waals surface area contributed by atoms with Crippen molar-refractivity contribution in [3.63, 3.8) is 0 Å². The molecular weight excluding hydrogens is 548 g/mol. The lowest BCUT2D eigenvalue weighted by atomic mass is 9.87. The summed E-state index contributed by atoms with van der Waals surface area (Å²) in [6.45, 7) is 8.73. The molecule has 0 aliphatic carbocycles. The number of rotatable bonds is 7. The Balaban J connectivity index is 1.41. The molecule has 0 radical (unpaired) electrons. The molecule has 1 saturated heterocycles. The number of aromatic amines is 1. The van der Waals surface area contributed by atoms with E-state index in [1.54, 1.807) is 12.3 Å². The fourth-order valence-electron chi connectivity index (χ4n) is 4.83. The minimum atomic E-state index is -1.48. The third-order valence-electron chi connectivity index (χ3n) is 7.10. The molecule has 3 heterocycles. The van der Waals surface area contributed by atoms with Gasteiger partial charge >= 0.3 is 6.16 Å². The lowest BCUT2D eigenvalue weighted by Crippen LogP contribution is -2.37. The topological polar surface area (TPSA) is 135 Å². The number of hydrogen-bond acceptors (Lipinski definition) is 9. The molecule has 11 nitrogen and oxygen atoms in total. The molecule has 2 aromatic heterocycles. The van der Waals surface area contributed by atoms with Crippen molar-refractivity contribution in [2.45, 2.75) is 26.2 Å². The molecule has 0 unspecified atom stereocenters. The molecule has 5 aromatic rings. The molecule has 1 fully saturated rings. The van der Waals surface area contributed by atoms with E-state index in [0.717, 1.165) is 10.9 Å². The predicted molar refractivity (Wildman–Crippen MR) is 164 cm³/mol. The standard InChI is InChI=1S/C32H32N6O5/c1-32(2,3)22-7-10-24(11-8-22)42-25-6-4-5-20(18-25)27-28(43-31(39)40)29(36-30(35-27)38-13-15-41-16-14-38)34-23-9-12-26-21(17-23)19-33-37-26/h4-12,17-19H,13-16H2,1-3H3,(H,33,37)(H,39,40)(H,34,35,36). The maximum atomic E-state index is 11.9. The first-order valence-electron chi connectivity index (χ1n) is 14.0. The second-order valence-electron chi connectivity index (χ2n) is 11.2. The highest BCUT2D eigenvalue weighted by atomic mass is 16.7. The van der Waals surface area contributed by atoms with Gasteiger partial charge in [0.1, 0.15) is 17.2 Å². The van der Waals surface area contributed by atoms with Crippen LogP contribution in [-0.4, -0.2) is 57.7 Å². The van der Waals surface area contributed by atoms with Crippen LogP contribution in [-0.2, 0) is 10.2 Å². The van der Waals surface area contributed by atoms with Gasteiger partial charge in [-0.3, -0.25) is 5.10 Å². The molecule has 220 valence electrons. The number of nitrogens with one attached hydrogen (secondary N) is 2. The highest BCUT2D eigenvalue weighted by Crippen LogP contribution is 2.39. The van der Waals surface area contributed by atoms with Crippen LogP contribution >= 0.6 is 0 Å². The number of hydrogen-bond donors (Lipinski definition) is 3. The van der Waals surface area contributed by atoms with E-state index in [1.165, 1.54) is 5.56 Å². The molecule has 6 rings (SSSR count). The molecule has 0 atom stereocenters. The summed E-state index contributed by atoms with van der Waals surface area (Å²) < 4.78 is 17.1. The lowest BCUT2D eigenvalue weighted by Gasteiger charge is -2.28. The fraction of sp³-hybridized carbons (Fsp3) is 0.250. The SMILES string of the molecule is CC(C)(C)c1ccc(Oc2cccc(-c3nc(N4CCOCC4)nc(Nc4ccc5[nH]ncc5c4)c3OC(=O)O)c2)cc1. The summed E-state index contributed by atoms with van der Waals surface area (Å²) in [5.74, 6) is 1.85. The van der Waals surface area contributed by atoms with Crippen LogP contribution in [0.2, 0.25) is 0 Å². The molecule has 0 spiro atoms. The quantitative estimate of drug-likeness (QED) is 0.178. The zero-order valence-corrected chi connectivity index (χ0v) is 24.1. The van der Waals surface area contributed by atoms with E-state index in [4.69, 9.17) is 24.2 Å². The first kappa shape index (κ1) is 28.0. The first-order valence-corrected chi connectivity index (χ1v) is 14.0. The summed E-state index contributed by atoms with van der Waals surface area (Å²) in [7, 11) is 0. The van der Waals surface area contributed by atoms with Crippen LogP contribution in [0.25, 0.3) is 22.2 Å². The van der Waals surface area contributed by atoms with E-state index in [9.17, 15) is 9.90 Å². The van der Waals surface area contributed by atoms with Crippen LogP contribution in [0.15, 0.2) is 72.9 Å². The van der Waals surface area contributed by atoms with Crippen LogP contribution in [0.5, 0.6) is 17.2 Å². The van der Waals surface area contributed by atoms with E-state index in [-0.39, 0.29) is 17.0 Å². The Morgan fingerprint density at radius 1 is 1.00 bits per heavy atom. The van der Waals surface area contributed by atoms with Crippen LogP contribution in [0.3, 0.4) is 0 Å². The molecular formula is C32H32N6O5. The highest BCUT2D eigenvalue weighted by molar-refractivity contribution is 5.85. The van der Waals surface area contributed by atoms with Crippen LogP contribution in [0.1, 0.15) is 26.3 Å². The Labute approximate surface area is 248 Å². The Bertz CT molecular complexity index is 1760. The van der Waals surface area contributed by atoms with Gasteiger partial charge < -0.3 is 29.5 Å². The molecule has 1 aliphatic heterocycles. The van der Waals surface area contributed by atoms with Gasteiger partial charge in [0, 0.05) is 29.7 Å². The van der Waals surface area contributed by atoms with Gasteiger partial charge in [-0.2, -0.15) is 10.1 Å². The molecule has 3 N–H and O–H groups in total. The van der Waals surface area contributed by atoms with Gasteiger partial charge in [0.15, 0.2) is 5.82 Å². The molecule has 0 bridgehead atoms. The second-order valence-corrected chi connectivity index (χ2v) is 11.2. The summed E-state index contributed by atoms with van der Waals surface area (Å²) in [5, 5.41) is 20.9. The number of fused-ring (bicyclic) bond motifs is 1. The van der Waals surface area contributed by atoms with E-state index in [0.29, 0.717) is 60.7 Å². The fourth-order valence-corrected chi connectivity index (χ4v) is 4.83.